The minimum absolute atomic E-state index is 0.0291. The van der Waals surface area contributed by atoms with Gasteiger partial charge in [0, 0.05) is 11.4 Å². The van der Waals surface area contributed by atoms with Crippen molar-refractivity contribution < 1.29 is 14.7 Å². The van der Waals surface area contributed by atoms with E-state index in [1.807, 2.05) is 6.92 Å². The van der Waals surface area contributed by atoms with Crippen molar-refractivity contribution >= 4 is 33.4 Å². The van der Waals surface area contributed by atoms with Gasteiger partial charge >= 0.3 is 5.97 Å². The number of aromatic nitrogens is 2. The van der Waals surface area contributed by atoms with Crippen LogP contribution in [0.3, 0.4) is 0 Å². The lowest BCUT2D eigenvalue weighted by molar-refractivity contribution is -0.137. The van der Waals surface area contributed by atoms with E-state index in [9.17, 15) is 14.4 Å². The molecule has 0 aromatic carbocycles. The molecule has 0 saturated carbocycles. The number of carboxylic acid groups (broad SMARTS) is 1. The molecule has 2 heterocycles. The molecule has 2 N–H and O–H groups in total. The Balaban J connectivity index is 2.22. The van der Waals surface area contributed by atoms with Gasteiger partial charge in [-0.15, -0.1) is 11.3 Å². The van der Waals surface area contributed by atoms with E-state index in [4.69, 9.17) is 5.11 Å². The zero-order valence-corrected chi connectivity index (χ0v) is 13.1. The Morgan fingerprint density at radius 3 is 2.86 bits per heavy atom. The molecule has 1 unspecified atom stereocenters. The summed E-state index contributed by atoms with van der Waals surface area (Å²) in [5, 5.41) is 11.6. The lowest BCUT2D eigenvalue weighted by Gasteiger charge is -2.14. The third kappa shape index (κ3) is 3.33. The van der Waals surface area contributed by atoms with Crippen LogP contribution in [0.1, 0.15) is 31.2 Å². The molecule has 2 rings (SSSR count). The first kappa shape index (κ1) is 16.2. The number of carboxylic acids is 1. The number of carbonyl (C=O) groups is 2. The van der Waals surface area contributed by atoms with E-state index in [-0.39, 0.29) is 18.5 Å². The van der Waals surface area contributed by atoms with Crippen LogP contribution in [0.5, 0.6) is 0 Å². The zero-order valence-electron chi connectivity index (χ0n) is 12.3. The second-order valence-corrected chi connectivity index (χ2v) is 5.97. The number of amides is 1. The van der Waals surface area contributed by atoms with Crippen molar-refractivity contribution in [3.8, 4) is 0 Å². The number of hydrogen-bond acceptors (Lipinski definition) is 5. The second kappa shape index (κ2) is 6.69. The van der Waals surface area contributed by atoms with Crippen LogP contribution in [0.4, 0.5) is 0 Å². The van der Waals surface area contributed by atoms with Gasteiger partial charge in [0.15, 0.2) is 0 Å². The molecule has 0 spiro atoms. The summed E-state index contributed by atoms with van der Waals surface area (Å²) in [6.45, 7) is 3.61. The molecule has 0 fully saturated rings. The van der Waals surface area contributed by atoms with Crippen molar-refractivity contribution in [1.82, 2.24) is 14.9 Å². The summed E-state index contributed by atoms with van der Waals surface area (Å²) >= 11 is 1.47. The van der Waals surface area contributed by atoms with Crippen molar-refractivity contribution in [3.05, 3.63) is 27.6 Å². The van der Waals surface area contributed by atoms with E-state index < -0.39 is 17.9 Å². The lowest BCUT2D eigenvalue weighted by atomic mass is 10.2. The Morgan fingerprint density at radius 2 is 2.23 bits per heavy atom. The molecule has 8 heteroatoms. The molecule has 0 aliphatic carbocycles. The number of carbonyl (C=O) groups excluding carboxylic acids is 1. The molecule has 0 bridgehead atoms. The van der Waals surface area contributed by atoms with Crippen LogP contribution in [0.15, 0.2) is 17.2 Å². The number of aryl methyl sites for hydroxylation is 1. The van der Waals surface area contributed by atoms with Gasteiger partial charge in [0.2, 0.25) is 5.91 Å². The third-order valence-electron chi connectivity index (χ3n) is 3.31. The molecule has 0 aliphatic heterocycles. The molecule has 118 valence electrons. The van der Waals surface area contributed by atoms with Gasteiger partial charge in [0.05, 0.1) is 18.1 Å². The number of nitrogens with one attached hydrogen (secondary N) is 1. The van der Waals surface area contributed by atoms with Gasteiger partial charge in [-0.05, 0) is 19.4 Å². The summed E-state index contributed by atoms with van der Waals surface area (Å²) in [6, 6.07) is 1.06. The van der Waals surface area contributed by atoms with Gasteiger partial charge in [-0.2, -0.15) is 0 Å². The van der Waals surface area contributed by atoms with Gasteiger partial charge in [-0.25, -0.2) is 4.98 Å². The number of hydrogen-bond donors (Lipinski definition) is 2. The second-order valence-electron chi connectivity index (χ2n) is 4.85. The highest BCUT2D eigenvalue weighted by atomic mass is 32.1. The Hall–Kier alpha value is -2.22. The van der Waals surface area contributed by atoms with Gasteiger partial charge < -0.3 is 10.4 Å². The summed E-state index contributed by atoms with van der Waals surface area (Å²) in [7, 11) is 0. The van der Waals surface area contributed by atoms with Crippen LogP contribution in [-0.4, -0.2) is 33.1 Å². The highest BCUT2D eigenvalue weighted by Crippen LogP contribution is 2.21. The third-order valence-corrected chi connectivity index (χ3v) is 4.50. The number of aliphatic carboxylic acids is 1. The molecule has 0 radical (unpaired) electrons. The van der Waals surface area contributed by atoms with Crippen molar-refractivity contribution in [2.75, 3.05) is 6.54 Å². The maximum atomic E-state index is 12.4. The van der Waals surface area contributed by atoms with Crippen molar-refractivity contribution in [2.24, 2.45) is 0 Å². The van der Waals surface area contributed by atoms with Crippen molar-refractivity contribution in [3.63, 3.8) is 0 Å². The average molecular weight is 323 g/mol. The normalized spacial score (nSPS) is 12.3. The maximum Gasteiger partial charge on any atom is 0.305 e. The van der Waals surface area contributed by atoms with Gasteiger partial charge in [-0.1, -0.05) is 6.92 Å². The predicted octanol–water partition coefficient (Wildman–Crippen LogP) is 1.17. The first-order chi connectivity index (χ1) is 10.4. The minimum atomic E-state index is -0.987. The Bertz CT molecular complexity index is 765. The van der Waals surface area contributed by atoms with Crippen LogP contribution in [0.25, 0.3) is 10.2 Å². The van der Waals surface area contributed by atoms with Crippen molar-refractivity contribution in [1.29, 1.82) is 0 Å². The fourth-order valence-corrected chi connectivity index (χ4v) is 2.93. The van der Waals surface area contributed by atoms with Crippen LogP contribution in [0, 0.1) is 0 Å². The molecule has 7 nitrogen and oxygen atoms in total. The van der Waals surface area contributed by atoms with Crippen LogP contribution in [0.2, 0.25) is 0 Å². The molecule has 1 atom stereocenters. The molecule has 0 saturated heterocycles. The molecular weight excluding hydrogens is 306 g/mol. The summed E-state index contributed by atoms with van der Waals surface area (Å²) < 4.78 is 1.27. The van der Waals surface area contributed by atoms with Crippen LogP contribution in [-0.2, 0) is 16.0 Å². The number of rotatable bonds is 6. The molecule has 1 amide bonds. The number of fused-ring (bicyclic) bond motifs is 1. The van der Waals surface area contributed by atoms with Crippen molar-refractivity contribution in [2.45, 2.75) is 32.7 Å². The zero-order chi connectivity index (χ0) is 16.3. The molecule has 0 aliphatic rings. The Morgan fingerprint density at radius 1 is 1.50 bits per heavy atom. The molecular formula is C14H17N3O4S. The fourth-order valence-electron chi connectivity index (χ4n) is 2.00. The summed E-state index contributed by atoms with van der Waals surface area (Å²) in [5.41, 5.74) is -0.262. The monoisotopic (exact) mass is 323 g/mol. The number of thiophene rings is 1. The minimum Gasteiger partial charge on any atom is -0.481 e. The topological polar surface area (TPSA) is 101 Å². The maximum absolute atomic E-state index is 12.4. The standard InChI is InChI=1S/C14H17N3O4S/c1-3-9-6-10-13(22-9)16-7-17(14(10)21)8(2)12(20)15-5-4-11(18)19/h6-8H,3-5H2,1-2H3,(H,15,20)(H,18,19). The highest BCUT2D eigenvalue weighted by Gasteiger charge is 2.18. The summed E-state index contributed by atoms with van der Waals surface area (Å²) in [5.74, 6) is -1.39. The van der Waals surface area contributed by atoms with Gasteiger partial charge in [0.1, 0.15) is 10.9 Å². The molecule has 2 aromatic rings. The summed E-state index contributed by atoms with van der Waals surface area (Å²) in [4.78, 5) is 40.8. The Kier molecular flexibility index (Phi) is 4.92. The van der Waals surface area contributed by atoms with E-state index in [1.54, 1.807) is 13.0 Å². The first-order valence-corrected chi connectivity index (χ1v) is 7.74. The predicted molar refractivity (Wildman–Crippen MR) is 83.2 cm³/mol. The largest absolute Gasteiger partial charge is 0.481 e. The van der Waals surface area contributed by atoms with Gasteiger partial charge in [0.25, 0.3) is 5.56 Å². The lowest BCUT2D eigenvalue weighted by Crippen LogP contribution is -2.36. The quantitative estimate of drug-likeness (QED) is 0.831. The van der Waals surface area contributed by atoms with Gasteiger partial charge in [-0.3, -0.25) is 19.0 Å². The van der Waals surface area contributed by atoms with E-state index >= 15 is 0 Å². The first-order valence-electron chi connectivity index (χ1n) is 6.93. The smallest absolute Gasteiger partial charge is 0.305 e. The van der Waals surface area contributed by atoms with E-state index in [1.165, 1.54) is 22.2 Å². The number of nitrogens with zero attached hydrogens (tertiary/aromatic N) is 2. The fraction of sp³-hybridized carbons (Fsp3) is 0.429. The highest BCUT2D eigenvalue weighted by molar-refractivity contribution is 7.18. The molecule has 2 aromatic heterocycles. The summed E-state index contributed by atoms with van der Waals surface area (Å²) in [6.07, 6.45) is 2.03. The molecule has 22 heavy (non-hydrogen) atoms. The van der Waals surface area contributed by atoms with Crippen LogP contribution < -0.4 is 10.9 Å². The van der Waals surface area contributed by atoms with E-state index in [2.05, 4.69) is 10.3 Å². The Labute approximate surface area is 130 Å². The SMILES string of the molecule is CCc1cc2c(=O)n(C(C)C(=O)NCCC(=O)O)cnc2s1. The van der Waals surface area contributed by atoms with E-state index in [0.717, 1.165) is 11.3 Å². The van der Waals surface area contributed by atoms with E-state index in [0.29, 0.717) is 10.2 Å². The van der Waals surface area contributed by atoms with Crippen LogP contribution >= 0.6 is 11.3 Å². The average Bonchev–Trinajstić information content (AvgIpc) is 2.90.